The largest absolute Gasteiger partial charge is 0.472 e. The molecule has 0 fully saturated rings. The quantitative estimate of drug-likeness (QED) is 0.0222. The molecular weight excluding hydrogens is 1270 g/mol. The molecule has 0 amide bonds. The van der Waals surface area contributed by atoms with Gasteiger partial charge >= 0.3 is 39.5 Å². The molecule has 0 aliphatic rings. The van der Waals surface area contributed by atoms with Crippen LogP contribution in [0.1, 0.15) is 402 Å². The predicted octanol–water partition coefficient (Wildman–Crippen LogP) is 23.0. The lowest BCUT2D eigenvalue weighted by Crippen LogP contribution is -2.30. The second-order valence-corrected chi connectivity index (χ2v) is 32.2. The highest BCUT2D eigenvalue weighted by molar-refractivity contribution is 7.47. The van der Waals surface area contributed by atoms with E-state index in [1.807, 2.05) is 0 Å². The molecule has 0 aliphatic heterocycles. The number of hydrogen-bond donors (Lipinski definition) is 3. The van der Waals surface area contributed by atoms with Crippen LogP contribution in [0.25, 0.3) is 0 Å². The highest BCUT2D eigenvalue weighted by Crippen LogP contribution is 2.45. The zero-order valence-corrected chi connectivity index (χ0v) is 65.3. The Morgan fingerprint density at radius 1 is 0.299 bits per heavy atom. The molecule has 3 N–H and O–H groups in total. The minimum absolute atomic E-state index is 0.106. The molecule has 0 aromatic rings. The predicted molar refractivity (Wildman–Crippen MR) is 395 cm³/mol. The summed E-state index contributed by atoms with van der Waals surface area (Å²) in [7, 11) is -9.92. The topological polar surface area (TPSA) is 237 Å². The molecule has 576 valence electrons. The second-order valence-electron chi connectivity index (χ2n) is 29.3. The fourth-order valence-electron chi connectivity index (χ4n) is 11.9. The fourth-order valence-corrected chi connectivity index (χ4v) is 13.5. The van der Waals surface area contributed by atoms with E-state index in [-0.39, 0.29) is 25.7 Å². The van der Waals surface area contributed by atoms with Crippen LogP contribution in [-0.2, 0) is 65.4 Å². The van der Waals surface area contributed by atoms with Gasteiger partial charge in [0.05, 0.1) is 26.4 Å². The minimum atomic E-state index is -4.96. The van der Waals surface area contributed by atoms with Crippen molar-refractivity contribution in [1.82, 2.24) is 0 Å². The first-order chi connectivity index (χ1) is 46.8. The number of unbranched alkanes of at least 4 members (excludes halogenated alkanes) is 43. The lowest BCUT2D eigenvalue weighted by Gasteiger charge is -2.21. The average Bonchev–Trinajstić information content (AvgIpc) is 1.45. The number of rotatable bonds is 76. The van der Waals surface area contributed by atoms with E-state index >= 15 is 0 Å². The zero-order valence-electron chi connectivity index (χ0n) is 63.5. The highest BCUT2D eigenvalue weighted by atomic mass is 31.2. The third kappa shape index (κ3) is 70.9. The minimum Gasteiger partial charge on any atom is -0.462 e. The summed E-state index contributed by atoms with van der Waals surface area (Å²) in [5.41, 5.74) is 0. The van der Waals surface area contributed by atoms with E-state index in [1.54, 1.807) is 0 Å². The van der Waals surface area contributed by atoms with Gasteiger partial charge in [-0.2, -0.15) is 0 Å². The summed E-state index contributed by atoms with van der Waals surface area (Å²) in [5, 5.41) is 10.6. The van der Waals surface area contributed by atoms with E-state index in [9.17, 15) is 43.2 Å². The van der Waals surface area contributed by atoms with Crippen molar-refractivity contribution in [2.24, 2.45) is 17.8 Å². The third-order valence-electron chi connectivity index (χ3n) is 18.5. The van der Waals surface area contributed by atoms with Crippen LogP contribution in [-0.4, -0.2) is 96.7 Å². The highest BCUT2D eigenvalue weighted by Gasteiger charge is 2.30. The molecule has 3 unspecified atom stereocenters. The van der Waals surface area contributed by atoms with Gasteiger partial charge < -0.3 is 33.8 Å². The van der Waals surface area contributed by atoms with Crippen molar-refractivity contribution in [2.45, 2.75) is 420 Å². The summed E-state index contributed by atoms with van der Waals surface area (Å²) >= 11 is 0. The normalized spacial score (nSPS) is 14.3. The molecule has 0 aromatic carbocycles. The molecular formula is C78H152O17P2. The SMILES string of the molecule is CCCCCCCCCCCCCCCCCCCC(=O)O[C@H](COC(=O)CCCCCCCCCCCCCC(C)C)COP(=O)(O)OC[C@@H](O)COP(=O)(O)OC[C@@H](COC(=O)CCCCCCCCCCC(C)CC)OC(=O)CCCCCCCCCCCCCC(C)C. The number of carbonyl (C=O) groups is 4. The number of esters is 4. The Kier molecular flexibility index (Phi) is 67.1. The van der Waals surface area contributed by atoms with Crippen LogP contribution in [0.15, 0.2) is 0 Å². The van der Waals surface area contributed by atoms with Crippen LogP contribution in [0.2, 0.25) is 0 Å². The van der Waals surface area contributed by atoms with E-state index in [0.717, 1.165) is 108 Å². The van der Waals surface area contributed by atoms with Gasteiger partial charge in [-0.15, -0.1) is 0 Å². The molecule has 0 radical (unpaired) electrons. The lowest BCUT2D eigenvalue weighted by atomic mass is 9.99. The van der Waals surface area contributed by atoms with Crippen molar-refractivity contribution in [1.29, 1.82) is 0 Å². The summed E-state index contributed by atoms with van der Waals surface area (Å²) in [5.74, 6) is 0.200. The summed E-state index contributed by atoms with van der Waals surface area (Å²) in [6.07, 6.45) is 55.3. The molecule has 0 aliphatic carbocycles. The third-order valence-corrected chi connectivity index (χ3v) is 20.4. The first-order valence-corrected chi connectivity index (χ1v) is 43.4. The summed E-state index contributed by atoms with van der Waals surface area (Å²) in [6, 6.07) is 0. The zero-order chi connectivity index (χ0) is 71.6. The first-order valence-electron chi connectivity index (χ1n) is 40.4. The summed E-state index contributed by atoms with van der Waals surface area (Å²) < 4.78 is 68.6. The summed E-state index contributed by atoms with van der Waals surface area (Å²) in [4.78, 5) is 72.9. The van der Waals surface area contributed by atoms with Crippen molar-refractivity contribution in [2.75, 3.05) is 39.6 Å². The van der Waals surface area contributed by atoms with Gasteiger partial charge in [0.1, 0.15) is 19.3 Å². The number of carbonyl (C=O) groups excluding carboxylic acids is 4. The molecule has 6 atom stereocenters. The molecule has 0 spiro atoms. The molecule has 0 saturated carbocycles. The monoisotopic (exact) mass is 1420 g/mol. The van der Waals surface area contributed by atoms with Crippen LogP contribution in [0.5, 0.6) is 0 Å². The molecule has 0 aromatic heterocycles. The van der Waals surface area contributed by atoms with Crippen molar-refractivity contribution in [3.05, 3.63) is 0 Å². The van der Waals surface area contributed by atoms with Crippen LogP contribution in [0, 0.1) is 17.8 Å². The molecule has 97 heavy (non-hydrogen) atoms. The number of ether oxygens (including phenoxy) is 4. The molecule has 0 bridgehead atoms. The Morgan fingerprint density at radius 3 is 0.784 bits per heavy atom. The number of phosphoric ester groups is 2. The summed E-state index contributed by atoms with van der Waals surface area (Å²) in [6.45, 7) is 11.9. The second kappa shape index (κ2) is 68.5. The molecule has 0 rings (SSSR count). The van der Waals surface area contributed by atoms with Crippen LogP contribution in [0.4, 0.5) is 0 Å². The van der Waals surface area contributed by atoms with Gasteiger partial charge in [-0.05, 0) is 43.4 Å². The Bertz CT molecular complexity index is 1890. The smallest absolute Gasteiger partial charge is 0.462 e. The van der Waals surface area contributed by atoms with Gasteiger partial charge in [0.2, 0.25) is 0 Å². The molecule has 0 saturated heterocycles. The van der Waals surface area contributed by atoms with Gasteiger partial charge in [-0.3, -0.25) is 37.3 Å². The van der Waals surface area contributed by atoms with E-state index < -0.39 is 97.5 Å². The Labute approximate surface area is 594 Å². The molecule has 17 nitrogen and oxygen atoms in total. The Balaban J connectivity index is 5.27. The van der Waals surface area contributed by atoms with Gasteiger partial charge in [0.25, 0.3) is 0 Å². The number of aliphatic hydroxyl groups is 1. The van der Waals surface area contributed by atoms with Crippen molar-refractivity contribution >= 4 is 39.5 Å². The van der Waals surface area contributed by atoms with Crippen molar-refractivity contribution in [3.8, 4) is 0 Å². The molecule has 0 heterocycles. The van der Waals surface area contributed by atoms with Crippen molar-refractivity contribution in [3.63, 3.8) is 0 Å². The van der Waals surface area contributed by atoms with Gasteiger partial charge in [-0.1, -0.05) is 350 Å². The average molecular weight is 1420 g/mol. The van der Waals surface area contributed by atoms with Gasteiger partial charge in [0.15, 0.2) is 12.2 Å². The van der Waals surface area contributed by atoms with Crippen LogP contribution in [0.3, 0.4) is 0 Å². The van der Waals surface area contributed by atoms with E-state index in [4.69, 9.17) is 37.0 Å². The van der Waals surface area contributed by atoms with E-state index in [1.165, 1.54) is 212 Å². The van der Waals surface area contributed by atoms with Crippen LogP contribution < -0.4 is 0 Å². The fraction of sp³-hybridized carbons (Fsp3) is 0.949. The number of phosphoric acid groups is 2. The van der Waals surface area contributed by atoms with E-state index in [0.29, 0.717) is 25.7 Å². The van der Waals surface area contributed by atoms with E-state index in [2.05, 4.69) is 48.5 Å². The Hall–Kier alpha value is -1.94. The lowest BCUT2D eigenvalue weighted by molar-refractivity contribution is -0.161. The van der Waals surface area contributed by atoms with Gasteiger partial charge in [-0.25, -0.2) is 9.13 Å². The van der Waals surface area contributed by atoms with Crippen molar-refractivity contribution < 1.29 is 80.2 Å². The number of hydrogen-bond acceptors (Lipinski definition) is 15. The maximum absolute atomic E-state index is 13.1. The van der Waals surface area contributed by atoms with Gasteiger partial charge in [0, 0.05) is 25.7 Å². The number of aliphatic hydroxyl groups excluding tert-OH is 1. The maximum atomic E-state index is 13.1. The van der Waals surface area contributed by atoms with Crippen LogP contribution >= 0.6 is 15.6 Å². The first kappa shape index (κ1) is 95.1. The Morgan fingerprint density at radius 2 is 0.526 bits per heavy atom. The molecule has 19 heteroatoms. The standard InChI is InChI=1S/C78H152O17P2/c1-8-10-11-12-13-14-15-16-17-18-19-20-25-31-40-47-54-61-77(82)94-73(65-88-75(80)59-52-45-38-30-26-21-23-28-35-42-49-56-69(3)4)67-92-96(84,85)90-63-72(79)64-91-97(86,87)93-68-74(66-89-76(81)60-53-46-39-34-33-37-44-51-58-71(7)9-2)95-78(83)62-55-48-41-32-27-22-24-29-36-43-50-57-70(5)6/h69-74,79H,8-68H2,1-7H3,(H,84,85)(H,86,87)/t71?,72-,73-,74-/m1/s1. The maximum Gasteiger partial charge on any atom is 0.472 e.